The monoisotopic (exact) mass is 499 g/mol. The molecule has 1 heterocycles. The van der Waals surface area contributed by atoms with Gasteiger partial charge in [-0.1, -0.05) is 50.0 Å². The number of esters is 1. The highest BCUT2D eigenvalue weighted by atomic mass is 35.5. The summed E-state index contributed by atoms with van der Waals surface area (Å²) in [5.74, 6) is -2.22. The highest BCUT2D eigenvalue weighted by Crippen LogP contribution is 2.32. The Morgan fingerprint density at radius 3 is 2.28 bits per heavy atom. The van der Waals surface area contributed by atoms with Crippen LogP contribution in [0, 0.1) is 0 Å². The minimum absolute atomic E-state index is 0.112. The highest BCUT2D eigenvalue weighted by Gasteiger charge is 2.41. The molecule has 1 atom stereocenters. The number of rotatable bonds is 5. The van der Waals surface area contributed by atoms with Crippen LogP contribution in [0.1, 0.15) is 49.5 Å². The Bertz CT molecular complexity index is 1150. The molecule has 1 fully saturated rings. The van der Waals surface area contributed by atoms with Gasteiger partial charge in [0.2, 0.25) is 10.0 Å². The molecule has 10 heteroatoms. The van der Waals surface area contributed by atoms with Gasteiger partial charge in [-0.25, -0.2) is 18.0 Å². The van der Waals surface area contributed by atoms with Gasteiger partial charge >= 0.3 is 11.9 Å². The fourth-order valence-electron chi connectivity index (χ4n) is 3.51. The molecule has 2 aromatic rings. The smallest absolute Gasteiger partial charge is 0.339 e. The van der Waals surface area contributed by atoms with E-state index in [0.717, 1.165) is 9.87 Å². The van der Waals surface area contributed by atoms with Crippen LogP contribution < -0.4 is 4.74 Å². The van der Waals surface area contributed by atoms with Gasteiger partial charge in [-0.3, -0.25) is 0 Å². The topological polar surface area (TPSA) is 101 Å². The molecule has 1 aliphatic rings. The zero-order chi connectivity index (χ0) is 23.8. The van der Waals surface area contributed by atoms with Crippen molar-refractivity contribution in [3.05, 3.63) is 57.6 Å². The van der Waals surface area contributed by atoms with E-state index in [1.54, 1.807) is 6.07 Å². The average molecular weight is 500 g/mol. The predicted octanol–water partition coefficient (Wildman–Crippen LogP) is 4.75. The summed E-state index contributed by atoms with van der Waals surface area (Å²) in [6.07, 6.45) is 0.691. The van der Waals surface area contributed by atoms with Crippen LogP contribution >= 0.6 is 23.2 Å². The van der Waals surface area contributed by atoms with E-state index >= 15 is 0 Å². The molecular formula is C22H23Cl2NO6S. The van der Waals surface area contributed by atoms with E-state index in [-0.39, 0.29) is 44.6 Å². The average Bonchev–Trinajstić information content (AvgIpc) is 3.17. The third-order valence-electron chi connectivity index (χ3n) is 5.20. The van der Waals surface area contributed by atoms with Gasteiger partial charge < -0.3 is 9.84 Å². The maximum atomic E-state index is 13.1. The first-order valence-electron chi connectivity index (χ1n) is 9.88. The molecule has 0 bridgehead atoms. The van der Waals surface area contributed by atoms with E-state index < -0.39 is 28.0 Å². The lowest BCUT2D eigenvalue weighted by molar-refractivity contribution is -0.137. The van der Waals surface area contributed by atoms with Gasteiger partial charge in [0.15, 0.2) is 0 Å². The van der Waals surface area contributed by atoms with Crippen LogP contribution in [-0.2, 0) is 20.2 Å². The van der Waals surface area contributed by atoms with Gasteiger partial charge in [0.05, 0.1) is 4.90 Å². The number of carboxylic acids is 1. The zero-order valence-corrected chi connectivity index (χ0v) is 20.1. The molecule has 7 nitrogen and oxygen atoms in total. The van der Waals surface area contributed by atoms with Crippen LogP contribution in [0.2, 0.25) is 10.0 Å². The van der Waals surface area contributed by atoms with Crippen molar-refractivity contribution in [1.82, 2.24) is 4.31 Å². The second-order valence-electron chi connectivity index (χ2n) is 8.57. The van der Waals surface area contributed by atoms with Gasteiger partial charge in [-0.15, -0.1) is 0 Å². The lowest BCUT2D eigenvalue weighted by atomic mass is 9.86. The molecule has 0 radical (unpaired) electrons. The van der Waals surface area contributed by atoms with Crippen molar-refractivity contribution < 1.29 is 27.9 Å². The molecule has 0 aromatic heterocycles. The van der Waals surface area contributed by atoms with Crippen LogP contribution in [0.15, 0.2) is 41.3 Å². The summed E-state index contributed by atoms with van der Waals surface area (Å²) < 4.78 is 32.7. The minimum Gasteiger partial charge on any atom is -0.478 e. The van der Waals surface area contributed by atoms with E-state index in [2.05, 4.69) is 0 Å². The lowest BCUT2D eigenvalue weighted by Gasteiger charge is -2.24. The molecule has 3 rings (SSSR count). The number of hydrogen-bond donors (Lipinski definition) is 1. The molecule has 1 N–H and O–H groups in total. The normalized spacial score (nSPS) is 17.3. The second-order valence-corrected chi connectivity index (χ2v) is 11.3. The molecule has 1 saturated heterocycles. The van der Waals surface area contributed by atoms with E-state index in [0.29, 0.717) is 6.42 Å². The Kier molecular flexibility index (Phi) is 6.91. The van der Waals surface area contributed by atoms with Crippen molar-refractivity contribution in [1.29, 1.82) is 0 Å². The molecule has 0 spiro atoms. The third kappa shape index (κ3) is 5.09. The molecular weight excluding hydrogens is 477 g/mol. The molecule has 172 valence electrons. The van der Waals surface area contributed by atoms with E-state index in [9.17, 15) is 23.1 Å². The fraction of sp³-hybridized carbons (Fsp3) is 0.364. The van der Waals surface area contributed by atoms with E-state index in [1.165, 1.54) is 30.3 Å². The van der Waals surface area contributed by atoms with Gasteiger partial charge in [-0.2, -0.15) is 4.31 Å². The number of nitrogens with zero attached hydrogens (tertiary/aromatic N) is 1. The maximum absolute atomic E-state index is 13.1. The minimum atomic E-state index is -4.08. The molecule has 0 unspecified atom stereocenters. The van der Waals surface area contributed by atoms with Crippen LogP contribution in [0.25, 0.3) is 0 Å². The van der Waals surface area contributed by atoms with Crippen LogP contribution in [-0.4, -0.2) is 42.4 Å². The molecule has 32 heavy (non-hydrogen) atoms. The summed E-state index contributed by atoms with van der Waals surface area (Å²) >= 11 is 11.9. The Balaban J connectivity index is 1.90. The van der Waals surface area contributed by atoms with Crippen molar-refractivity contribution in [2.45, 2.75) is 50.0 Å². The lowest BCUT2D eigenvalue weighted by Crippen LogP contribution is -2.42. The number of carboxylic acid groups (broad SMARTS) is 1. The number of ether oxygens (including phenoxy) is 1. The van der Waals surface area contributed by atoms with Gasteiger partial charge in [-0.05, 0) is 54.2 Å². The van der Waals surface area contributed by atoms with Crippen LogP contribution in [0.3, 0.4) is 0 Å². The largest absolute Gasteiger partial charge is 0.478 e. The Labute approximate surface area is 196 Å². The molecule has 0 amide bonds. The molecule has 1 aliphatic heterocycles. The standard InChI is InChI=1S/C22H23Cl2NO6S/c1-22(2,3)13-6-7-19(17(9-13)20(26)27)31-21(28)18-5-4-8-25(18)32(29,30)16-11-14(23)10-15(24)12-16/h6-7,9-12,18H,4-5,8H2,1-3H3,(H,26,27)/t18-/m0/s1. The second kappa shape index (κ2) is 9.02. The molecule has 2 aromatic carbocycles. The fourth-order valence-corrected chi connectivity index (χ4v) is 5.88. The predicted molar refractivity (Wildman–Crippen MR) is 121 cm³/mol. The van der Waals surface area contributed by atoms with Crippen molar-refractivity contribution in [2.75, 3.05) is 6.54 Å². The number of benzene rings is 2. The zero-order valence-electron chi connectivity index (χ0n) is 17.8. The summed E-state index contributed by atoms with van der Waals surface area (Å²) in [7, 11) is -4.08. The summed E-state index contributed by atoms with van der Waals surface area (Å²) in [5.41, 5.74) is 0.291. The number of halogens is 2. The highest BCUT2D eigenvalue weighted by molar-refractivity contribution is 7.89. The summed E-state index contributed by atoms with van der Waals surface area (Å²) in [5, 5.41) is 9.90. The van der Waals surface area contributed by atoms with Gasteiger partial charge in [0, 0.05) is 16.6 Å². The number of carbonyl (C=O) groups is 2. The first-order valence-corrected chi connectivity index (χ1v) is 12.1. The van der Waals surface area contributed by atoms with Gasteiger partial charge in [0.1, 0.15) is 17.4 Å². The third-order valence-corrected chi connectivity index (χ3v) is 7.53. The summed E-state index contributed by atoms with van der Waals surface area (Å²) in [6, 6.07) is 7.41. The number of sulfonamides is 1. The number of aromatic carboxylic acids is 1. The first-order chi connectivity index (χ1) is 14.8. The van der Waals surface area contributed by atoms with Gasteiger partial charge in [0.25, 0.3) is 0 Å². The Morgan fingerprint density at radius 1 is 1.09 bits per heavy atom. The SMILES string of the molecule is CC(C)(C)c1ccc(OC(=O)[C@@H]2CCCN2S(=O)(=O)c2cc(Cl)cc(Cl)c2)c(C(=O)O)c1. The van der Waals surface area contributed by atoms with Crippen molar-refractivity contribution in [3.8, 4) is 5.75 Å². The number of carbonyl (C=O) groups excluding carboxylic acids is 1. The van der Waals surface area contributed by atoms with Crippen molar-refractivity contribution in [3.63, 3.8) is 0 Å². The summed E-state index contributed by atoms with van der Waals surface area (Å²) in [4.78, 5) is 24.5. The number of hydrogen-bond acceptors (Lipinski definition) is 5. The van der Waals surface area contributed by atoms with Crippen molar-refractivity contribution >= 4 is 45.2 Å². The van der Waals surface area contributed by atoms with E-state index in [4.69, 9.17) is 27.9 Å². The van der Waals surface area contributed by atoms with Crippen LogP contribution in [0.4, 0.5) is 0 Å². The van der Waals surface area contributed by atoms with Crippen molar-refractivity contribution in [2.24, 2.45) is 0 Å². The molecule has 0 saturated carbocycles. The quantitative estimate of drug-likeness (QED) is 0.470. The maximum Gasteiger partial charge on any atom is 0.339 e. The summed E-state index contributed by atoms with van der Waals surface area (Å²) in [6.45, 7) is 5.91. The Morgan fingerprint density at radius 2 is 1.72 bits per heavy atom. The van der Waals surface area contributed by atoms with Crippen LogP contribution in [0.5, 0.6) is 5.75 Å². The molecule has 0 aliphatic carbocycles. The Hall–Kier alpha value is -2.13. The van der Waals surface area contributed by atoms with E-state index in [1.807, 2.05) is 20.8 Å². The first kappa shape index (κ1) is 24.5.